The molecule has 1 aromatic heterocycles. The van der Waals surface area contributed by atoms with E-state index in [1.807, 2.05) is 12.1 Å². The highest BCUT2D eigenvalue weighted by molar-refractivity contribution is 9.10. The molecule has 2 aromatic rings. The molecule has 1 aromatic carbocycles. The van der Waals surface area contributed by atoms with Gasteiger partial charge in [0, 0.05) is 27.7 Å². The molecular weight excluding hydrogens is 336 g/mol. The van der Waals surface area contributed by atoms with E-state index in [4.69, 9.17) is 17.3 Å². The van der Waals surface area contributed by atoms with Gasteiger partial charge in [-0.1, -0.05) is 33.6 Å². The number of aromatic nitrogens is 1. The summed E-state index contributed by atoms with van der Waals surface area (Å²) in [6.07, 6.45) is 0.601. The van der Waals surface area contributed by atoms with E-state index in [0.717, 1.165) is 15.7 Å². The van der Waals surface area contributed by atoms with Crippen LogP contribution in [-0.2, 0) is 17.6 Å². The summed E-state index contributed by atoms with van der Waals surface area (Å²) in [4.78, 5) is 15.9. The molecule has 3 nitrogen and oxygen atoms in total. The highest BCUT2D eigenvalue weighted by Crippen LogP contribution is 2.22. The summed E-state index contributed by atoms with van der Waals surface area (Å²) in [7, 11) is 0. The summed E-state index contributed by atoms with van der Waals surface area (Å²) in [6.45, 7) is 0. The second kappa shape index (κ2) is 5.82. The summed E-state index contributed by atoms with van der Waals surface area (Å²) in [6, 6.07) is 5.50. The minimum Gasteiger partial charge on any atom is -0.375 e. The first-order valence-electron chi connectivity index (χ1n) is 5.20. The van der Waals surface area contributed by atoms with E-state index in [1.54, 1.807) is 11.4 Å². The predicted octanol–water partition coefficient (Wildman–Crippen LogP) is 3.50. The molecule has 0 aliphatic carbocycles. The van der Waals surface area contributed by atoms with E-state index in [1.165, 1.54) is 11.3 Å². The molecule has 0 bridgehead atoms. The lowest BCUT2D eigenvalue weighted by Crippen LogP contribution is -2.07. The number of nitrogens with two attached hydrogens (primary N) is 1. The second-order valence-corrected chi connectivity index (χ2v) is 6.02. The highest BCUT2D eigenvalue weighted by Gasteiger charge is 2.10. The highest BCUT2D eigenvalue weighted by atomic mass is 79.9. The van der Waals surface area contributed by atoms with Crippen LogP contribution in [0.2, 0.25) is 5.02 Å². The van der Waals surface area contributed by atoms with Crippen molar-refractivity contribution in [3.05, 3.63) is 44.3 Å². The number of carbonyl (C=O) groups excluding carboxylic acids is 1. The third-order valence-corrected chi connectivity index (χ3v) is 3.92. The van der Waals surface area contributed by atoms with Crippen LogP contribution in [0, 0.1) is 0 Å². The molecule has 0 spiro atoms. The Morgan fingerprint density at radius 3 is 2.83 bits per heavy atom. The zero-order valence-electron chi connectivity index (χ0n) is 9.32. The summed E-state index contributed by atoms with van der Waals surface area (Å²) in [5.74, 6) is 0.0736. The first-order chi connectivity index (χ1) is 8.54. The van der Waals surface area contributed by atoms with Gasteiger partial charge < -0.3 is 5.73 Å². The largest absolute Gasteiger partial charge is 0.375 e. The number of ketones is 1. The number of Topliss-reactive ketones (excluding diaryl/α,β-unsaturated/α-hetero) is 1. The Hall–Kier alpha value is -0.910. The molecule has 0 aliphatic rings. The Balaban J connectivity index is 2.03. The predicted molar refractivity (Wildman–Crippen MR) is 78.1 cm³/mol. The van der Waals surface area contributed by atoms with Gasteiger partial charge >= 0.3 is 0 Å². The quantitative estimate of drug-likeness (QED) is 0.922. The Bertz CT molecular complexity index is 585. The minimum absolute atomic E-state index is 0.0736. The number of hydrogen-bond donors (Lipinski definition) is 1. The van der Waals surface area contributed by atoms with Crippen LogP contribution in [-0.4, -0.2) is 10.8 Å². The van der Waals surface area contributed by atoms with Crippen molar-refractivity contribution in [2.24, 2.45) is 0 Å². The SMILES string of the molecule is Nc1nc(CC(=O)Cc2ccc(Br)cc2Cl)cs1. The van der Waals surface area contributed by atoms with Gasteiger partial charge in [-0.15, -0.1) is 11.3 Å². The lowest BCUT2D eigenvalue weighted by Gasteiger charge is -2.03. The fraction of sp³-hybridized carbons (Fsp3) is 0.167. The molecule has 0 saturated carbocycles. The van der Waals surface area contributed by atoms with Gasteiger partial charge in [0.2, 0.25) is 0 Å². The zero-order valence-corrected chi connectivity index (χ0v) is 12.5. The summed E-state index contributed by atoms with van der Waals surface area (Å²) >= 11 is 10.7. The summed E-state index contributed by atoms with van der Waals surface area (Å²) in [5, 5.41) is 2.88. The normalized spacial score (nSPS) is 10.6. The summed E-state index contributed by atoms with van der Waals surface area (Å²) in [5.41, 5.74) is 7.06. The van der Waals surface area contributed by atoms with Gasteiger partial charge in [0.1, 0.15) is 5.78 Å². The molecular formula is C12H10BrClN2OS. The number of anilines is 1. The van der Waals surface area contributed by atoms with Crippen LogP contribution in [0.1, 0.15) is 11.3 Å². The van der Waals surface area contributed by atoms with Crippen LogP contribution in [0.15, 0.2) is 28.1 Å². The third kappa shape index (κ3) is 3.54. The first kappa shape index (κ1) is 13.5. The first-order valence-corrected chi connectivity index (χ1v) is 7.25. The van der Waals surface area contributed by atoms with Crippen LogP contribution in [0.3, 0.4) is 0 Å². The maximum Gasteiger partial charge on any atom is 0.180 e. The van der Waals surface area contributed by atoms with Gasteiger partial charge in [-0.25, -0.2) is 4.98 Å². The number of benzene rings is 1. The average molecular weight is 346 g/mol. The second-order valence-electron chi connectivity index (χ2n) is 3.81. The van der Waals surface area contributed by atoms with Crippen molar-refractivity contribution in [2.45, 2.75) is 12.8 Å². The van der Waals surface area contributed by atoms with E-state index in [2.05, 4.69) is 20.9 Å². The van der Waals surface area contributed by atoms with Gasteiger partial charge in [-0.2, -0.15) is 0 Å². The third-order valence-electron chi connectivity index (χ3n) is 2.35. The maximum absolute atomic E-state index is 11.9. The van der Waals surface area contributed by atoms with Gasteiger partial charge in [0.15, 0.2) is 5.13 Å². The molecule has 0 atom stereocenters. The lowest BCUT2D eigenvalue weighted by molar-refractivity contribution is -0.117. The Kier molecular flexibility index (Phi) is 4.37. The summed E-state index contributed by atoms with van der Waals surface area (Å²) < 4.78 is 0.899. The van der Waals surface area contributed by atoms with E-state index in [-0.39, 0.29) is 5.78 Å². The van der Waals surface area contributed by atoms with Crippen LogP contribution < -0.4 is 5.73 Å². The van der Waals surface area contributed by atoms with Crippen LogP contribution >= 0.6 is 38.9 Å². The van der Waals surface area contributed by atoms with E-state index >= 15 is 0 Å². The van der Waals surface area contributed by atoms with Gasteiger partial charge in [0.25, 0.3) is 0 Å². The molecule has 0 fully saturated rings. The number of hydrogen-bond acceptors (Lipinski definition) is 4. The van der Waals surface area contributed by atoms with Crippen molar-refractivity contribution in [2.75, 3.05) is 5.73 Å². The fourth-order valence-electron chi connectivity index (χ4n) is 1.55. The molecule has 0 unspecified atom stereocenters. The smallest absolute Gasteiger partial charge is 0.180 e. The molecule has 1 heterocycles. The van der Waals surface area contributed by atoms with Crippen molar-refractivity contribution < 1.29 is 4.79 Å². The average Bonchev–Trinajstić information content (AvgIpc) is 2.68. The molecule has 6 heteroatoms. The molecule has 18 heavy (non-hydrogen) atoms. The monoisotopic (exact) mass is 344 g/mol. The number of carbonyl (C=O) groups is 1. The molecule has 0 saturated heterocycles. The zero-order chi connectivity index (χ0) is 13.1. The van der Waals surface area contributed by atoms with E-state index in [0.29, 0.717) is 23.0 Å². The maximum atomic E-state index is 11.9. The number of thiazole rings is 1. The molecule has 0 amide bonds. The standard InChI is InChI=1S/C12H10BrClN2OS/c13-8-2-1-7(11(14)4-8)3-10(17)5-9-6-18-12(15)16-9/h1-2,4,6H,3,5H2,(H2,15,16). The molecule has 0 radical (unpaired) electrons. The van der Waals surface area contributed by atoms with Gasteiger partial charge in [-0.3, -0.25) is 4.79 Å². The van der Waals surface area contributed by atoms with Gasteiger partial charge in [0.05, 0.1) is 5.69 Å². The Morgan fingerprint density at radius 2 is 2.22 bits per heavy atom. The number of halogens is 2. The van der Waals surface area contributed by atoms with Crippen molar-refractivity contribution in [1.82, 2.24) is 4.98 Å². The molecule has 94 valence electrons. The van der Waals surface area contributed by atoms with E-state index in [9.17, 15) is 4.79 Å². The van der Waals surface area contributed by atoms with Gasteiger partial charge in [-0.05, 0) is 17.7 Å². The topological polar surface area (TPSA) is 56.0 Å². The fourth-order valence-corrected chi connectivity index (χ4v) is 2.85. The van der Waals surface area contributed by atoms with Crippen molar-refractivity contribution in [3.63, 3.8) is 0 Å². The lowest BCUT2D eigenvalue weighted by atomic mass is 10.1. The van der Waals surface area contributed by atoms with Crippen LogP contribution in [0.4, 0.5) is 5.13 Å². The molecule has 2 rings (SSSR count). The molecule has 2 N–H and O–H groups in total. The molecule has 0 aliphatic heterocycles. The van der Waals surface area contributed by atoms with Crippen molar-refractivity contribution in [3.8, 4) is 0 Å². The van der Waals surface area contributed by atoms with Crippen LogP contribution in [0.25, 0.3) is 0 Å². The van der Waals surface area contributed by atoms with E-state index < -0.39 is 0 Å². The number of nitrogen functional groups attached to an aromatic ring is 1. The Labute approximate surface area is 122 Å². The van der Waals surface area contributed by atoms with Crippen molar-refractivity contribution in [1.29, 1.82) is 0 Å². The Morgan fingerprint density at radius 1 is 1.44 bits per heavy atom. The minimum atomic E-state index is 0.0736. The number of rotatable bonds is 4. The van der Waals surface area contributed by atoms with Crippen LogP contribution in [0.5, 0.6) is 0 Å². The van der Waals surface area contributed by atoms with Crippen molar-refractivity contribution >= 4 is 49.8 Å². The number of nitrogens with zero attached hydrogens (tertiary/aromatic N) is 1.